The lowest BCUT2D eigenvalue weighted by molar-refractivity contribution is 0.363. The normalized spacial score (nSPS) is 14.1. The van der Waals surface area contributed by atoms with Crippen molar-refractivity contribution in [2.75, 3.05) is 0 Å². The molecule has 2 aromatic rings. The van der Waals surface area contributed by atoms with E-state index in [1.165, 1.54) is 16.7 Å². The van der Waals surface area contributed by atoms with Gasteiger partial charge < -0.3 is 4.90 Å². The van der Waals surface area contributed by atoms with E-state index in [9.17, 15) is 0 Å². The number of rotatable bonds is 2. The van der Waals surface area contributed by atoms with E-state index >= 15 is 0 Å². The van der Waals surface area contributed by atoms with Gasteiger partial charge in [-0.2, -0.15) is 0 Å². The molecule has 90 valence electrons. The van der Waals surface area contributed by atoms with E-state index in [1.54, 1.807) is 0 Å². The van der Waals surface area contributed by atoms with Gasteiger partial charge in [0.25, 0.3) is 0 Å². The largest absolute Gasteiger partial charge is 0.369 e. The number of hydrogen-bond donors (Lipinski definition) is 0. The Morgan fingerprint density at radius 1 is 0.833 bits per heavy atom. The molecule has 1 heteroatoms. The Hall–Kier alpha value is -2.02. The maximum Gasteiger partial charge on any atom is 0.0430 e. The van der Waals surface area contributed by atoms with Crippen molar-refractivity contribution < 1.29 is 0 Å². The lowest BCUT2D eigenvalue weighted by atomic mass is 10.1. The van der Waals surface area contributed by atoms with E-state index in [2.05, 4.69) is 71.8 Å². The molecule has 0 saturated carbocycles. The average Bonchev–Trinajstić information content (AvgIpc) is 2.61. The second kappa shape index (κ2) is 5.09. The Bertz CT molecular complexity index is 543. The van der Waals surface area contributed by atoms with Crippen molar-refractivity contribution in [3.8, 4) is 0 Å². The summed E-state index contributed by atoms with van der Waals surface area (Å²) in [5, 5.41) is 0. The van der Waals surface area contributed by atoms with Gasteiger partial charge >= 0.3 is 0 Å². The minimum atomic E-state index is 0.978. The molecular weight excluding hydrogens is 218 g/mol. The number of allylic oxidation sites excluding steroid dienone is 1. The van der Waals surface area contributed by atoms with E-state index in [1.807, 2.05) is 0 Å². The van der Waals surface area contributed by atoms with Crippen LogP contribution in [0.4, 0.5) is 0 Å². The lowest BCUT2D eigenvalue weighted by Crippen LogP contribution is -2.15. The summed E-state index contributed by atoms with van der Waals surface area (Å²) in [5.74, 6) is 0. The Balaban J connectivity index is 1.79. The first-order chi connectivity index (χ1) is 8.92. The van der Waals surface area contributed by atoms with Crippen LogP contribution >= 0.6 is 0 Å². The number of benzene rings is 2. The summed E-state index contributed by atoms with van der Waals surface area (Å²) in [6.07, 6.45) is 5.53. The topological polar surface area (TPSA) is 3.24 Å². The summed E-state index contributed by atoms with van der Waals surface area (Å²) in [7, 11) is 0. The van der Waals surface area contributed by atoms with Gasteiger partial charge in [0.2, 0.25) is 0 Å². The minimum absolute atomic E-state index is 0.978. The molecule has 1 nitrogen and oxygen atoms in total. The zero-order valence-electron chi connectivity index (χ0n) is 10.4. The maximum atomic E-state index is 2.38. The summed E-state index contributed by atoms with van der Waals surface area (Å²) in [6, 6.07) is 19.4. The average molecular weight is 235 g/mol. The van der Waals surface area contributed by atoms with Crippen molar-refractivity contribution >= 4 is 0 Å². The van der Waals surface area contributed by atoms with E-state index < -0.39 is 0 Å². The van der Waals surface area contributed by atoms with Gasteiger partial charge in [0, 0.05) is 13.1 Å². The highest BCUT2D eigenvalue weighted by Crippen LogP contribution is 2.18. The molecule has 0 aromatic heterocycles. The molecule has 2 aromatic carbocycles. The quantitative estimate of drug-likeness (QED) is 0.766. The van der Waals surface area contributed by atoms with Crippen molar-refractivity contribution in [1.29, 1.82) is 0 Å². The van der Waals surface area contributed by atoms with Gasteiger partial charge in [-0.3, -0.25) is 0 Å². The fourth-order valence-electron chi connectivity index (χ4n) is 2.44. The van der Waals surface area contributed by atoms with Crippen molar-refractivity contribution in [1.82, 2.24) is 4.90 Å². The molecule has 0 spiro atoms. The molecule has 1 heterocycles. The highest BCUT2D eigenvalue weighted by atomic mass is 15.1. The smallest absolute Gasteiger partial charge is 0.0430 e. The molecule has 0 saturated heterocycles. The first-order valence-electron chi connectivity index (χ1n) is 6.43. The predicted octanol–water partition coefficient (Wildman–Crippen LogP) is 3.76. The van der Waals surface area contributed by atoms with Crippen LogP contribution in [0, 0.1) is 0 Å². The predicted molar refractivity (Wildman–Crippen MR) is 75.0 cm³/mol. The molecular formula is C17H17N. The summed E-state index contributed by atoms with van der Waals surface area (Å²) in [4.78, 5) is 2.38. The van der Waals surface area contributed by atoms with Crippen molar-refractivity contribution in [3.63, 3.8) is 0 Å². The van der Waals surface area contributed by atoms with Gasteiger partial charge in [0.1, 0.15) is 0 Å². The molecule has 0 radical (unpaired) electrons. The highest BCUT2D eigenvalue weighted by molar-refractivity contribution is 5.30. The molecule has 18 heavy (non-hydrogen) atoms. The molecule has 0 aliphatic carbocycles. The third kappa shape index (κ3) is 2.45. The third-order valence-corrected chi connectivity index (χ3v) is 3.37. The molecule has 0 bridgehead atoms. The Kier molecular flexibility index (Phi) is 3.14. The SMILES string of the molecule is C1=CN(Cc2ccccc2)Cc2ccccc2C1. The van der Waals surface area contributed by atoms with Crippen LogP contribution in [0.3, 0.4) is 0 Å². The summed E-state index contributed by atoms with van der Waals surface area (Å²) in [6.45, 7) is 1.98. The maximum absolute atomic E-state index is 2.38. The van der Waals surface area contributed by atoms with Crippen LogP contribution in [0.25, 0.3) is 0 Å². The molecule has 0 atom stereocenters. The summed E-state index contributed by atoms with van der Waals surface area (Å²) in [5.41, 5.74) is 4.25. The Morgan fingerprint density at radius 3 is 2.39 bits per heavy atom. The number of hydrogen-bond acceptors (Lipinski definition) is 1. The van der Waals surface area contributed by atoms with Gasteiger partial charge in [0.15, 0.2) is 0 Å². The van der Waals surface area contributed by atoms with Crippen molar-refractivity contribution in [2.24, 2.45) is 0 Å². The fraction of sp³-hybridized carbons (Fsp3) is 0.176. The molecule has 1 aliphatic heterocycles. The van der Waals surface area contributed by atoms with Crippen LogP contribution in [0.5, 0.6) is 0 Å². The van der Waals surface area contributed by atoms with Crippen LogP contribution < -0.4 is 0 Å². The molecule has 0 N–H and O–H groups in total. The van der Waals surface area contributed by atoms with Gasteiger partial charge in [-0.15, -0.1) is 0 Å². The zero-order chi connectivity index (χ0) is 12.2. The minimum Gasteiger partial charge on any atom is -0.369 e. The van der Waals surface area contributed by atoms with Crippen LogP contribution in [0.1, 0.15) is 16.7 Å². The molecule has 0 unspecified atom stereocenters. The second-order valence-electron chi connectivity index (χ2n) is 4.75. The van der Waals surface area contributed by atoms with Crippen LogP contribution in [-0.4, -0.2) is 4.90 Å². The van der Waals surface area contributed by atoms with Gasteiger partial charge in [-0.1, -0.05) is 60.7 Å². The number of fused-ring (bicyclic) bond motifs is 1. The lowest BCUT2D eigenvalue weighted by Gasteiger charge is -2.20. The van der Waals surface area contributed by atoms with Gasteiger partial charge in [-0.05, 0) is 29.3 Å². The molecule has 0 fully saturated rings. The van der Waals surface area contributed by atoms with E-state index in [4.69, 9.17) is 0 Å². The number of nitrogens with zero attached hydrogens (tertiary/aromatic N) is 1. The van der Waals surface area contributed by atoms with Gasteiger partial charge in [-0.25, -0.2) is 0 Å². The summed E-state index contributed by atoms with van der Waals surface area (Å²) >= 11 is 0. The summed E-state index contributed by atoms with van der Waals surface area (Å²) < 4.78 is 0. The molecule has 0 amide bonds. The van der Waals surface area contributed by atoms with Crippen LogP contribution in [-0.2, 0) is 19.5 Å². The monoisotopic (exact) mass is 235 g/mol. The zero-order valence-corrected chi connectivity index (χ0v) is 10.4. The standard InChI is InChI=1S/C17H17N/c1-2-7-15(8-3-1)13-18-12-6-11-16-9-4-5-10-17(16)14-18/h1-10,12H,11,13-14H2. The first-order valence-corrected chi connectivity index (χ1v) is 6.43. The van der Waals surface area contributed by atoms with Crippen molar-refractivity contribution in [3.05, 3.63) is 83.6 Å². The highest BCUT2D eigenvalue weighted by Gasteiger charge is 2.09. The first kappa shape index (κ1) is 11.1. The van der Waals surface area contributed by atoms with Gasteiger partial charge in [0.05, 0.1) is 0 Å². The Morgan fingerprint density at radius 2 is 1.56 bits per heavy atom. The third-order valence-electron chi connectivity index (χ3n) is 3.37. The van der Waals surface area contributed by atoms with Crippen LogP contribution in [0.2, 0.25) is 0 Å². The Labute approximate surface area is 108 Å². The fourth-order valence-corrected chi connectivity index (χ4v) is 2.44. The van der Waals surface area contributed by atoms with E-state index in [0.717, 1.165) is 19.5 Å². The molecule has 1 aliphatic rings. The van der Waals surface area contributed by atoms with Crippen LogP contribution in [0.15, 0.2) is 66.9 Å². The van der Waals surface area contributed by atoms with E-state index in [-0.39, 0.29) is 0 Å². The second-order valence-corrected chi connectivity index (χ2v) is 4.75. The van der Waals surface area contributed by atoms with E-state index in [0.29, 0.717) is 0 Å². The van der Waals surface area contributed by atoms with Crippen molar-refractivity contribution in [2.45, 2.75) is 19.5 Å². The molecule has 3 rings (SSSR count).